The van der Waals surface area contributed by atoms with E-state index in [1.165, 1.54) is 24.2 Å². The van der Waals surface area contributed by atoms with E-state index in [9.17, 15) is 4.79 Å². The molecule has 0 radical (unpaired) electrons. The number of guanidine groups is 1. The SMILES string of the molecule is CCCCCN=C(NCC)NC(C)c1nc(C)c(C(=O)OCC)s1.I. The Bertz CT molecular complexity index is 549. The van der Waals surface area contributed by atoms with Gasteiger partial charge in [0.15, 0.2) is 5.96 Å². The molecule has 0 fully saturated rings. The average molecular weight is 482 g/mol. The van der Waals surface area contributed by atoms with E-state index in [1.807, 2.05) is 20.8 Å². The Morgan fingerprint density at radius 2 is 2.04 bits per heavy atom. The number of rotatable bonds is 9. The van der Waals surface area contributed by atoms with Crippen molar-refractivity contribution >= 4 is 47.2 Å². The number of thiazole rings is 1. The second-order valence-corrected chi connectivity index (χ2v) is 6.55. The molecule has 0 aliphatic carbocycles. The van der Waals surface area contributed by atoms with Crippen LogP contribution in [0.2, 0.25) is 0 Å². The van der Waals surface area contributed by atoms with Crippen LogP contribution >= 0.6 is 35.3 Å². The van der Waals surface area contributed by atoms with Gasteiger partial charge in [0, 0.05) is 13.1 Å². The lowest BCUT2D eigenvalue weighted by Crippen LogP contribution is -2.38. The Labute approximate surface area is 172 Å². The van der Waals surface area contributed by atoms with Crippen LogP contribution in [-0.2, 0) is 4.74 Å². The summed E-state index contributed by atoms with van der Waals surface area (Å²) in [5.41, 5.74) is 0.715. The van der Waals surface area contributed by atoms with Crippen molar-refractivity contribution in [1.82, 2.24) is 15.6 Å². The molecule has 0 aliphatic rings. The van der Waals surface area contributed by atoms with Gasteiger partial charge in [-0.25, -0.2) is 9.78 Å². The minimum Gasteiger partial charge on any atom is -0.462 e. The van der Waals surface area contributed by atoms with Crippen molar-refractivity contribution in [2.24, 2.45) is 4.99 Å². The third-order valence-corrected chi connectivity index (χ3v) is 4.69. The van der Waals surface area contributed by atoms with Crippen molar-refractivity contribution in [3.63, 3.8) is 0 Å². The van der Waals surface area contributed by atoms with E-state index in [-0.39, 0.29) is 36.0 Å². The summed E-state index contributed by atoms with van der Waals surface area (Å²) in [4.78, 5) is 21.6. The molecule has 0 amide bonds. The second-order valence-electron chi connectivity index (χ2n) is 5.52. The lowest BCUT2D eigenvalue weighted by Gasteiger charge is -2.16. The topological polar surface area (TPSA) is 75.6 Å². The number of aryl methyl sites for hydroxylation is 1. The van der Waals surface area contributed by atoms with Crippen molar-refractivity contribution < 1.29 is 9.53 Å². The molecule has 0 aliphatic heterocycles. The highest BCUT2D eigenvalue weighted by molar-refractivity contribution is 14.0. The zero-order valence-electron chi connectivity index (χ0n) is 15.8. The summed E-state index contributed by atoms with van der Waals surface area (Å²) >= 11 is 1.38. The monoisotopic (exact) mass is 482 g/mol. The van der Waals surface area contributed by atoms with Crippen molar-refractivity contribution in [2.75, 3.05) is 19.7 Å². The number of unbranched alkanes of at least 4 members (excludes halogenated alkanes) is 2. The van der Waals surface area contributed by atoms with Crippen molar-refractivity contribution in [3.8, 4) is 0 Å². The molecule has 0 spiro atoms. The molecule has 0 saturated heterocycles. The van der Waals surface area contributed by atoms with Gasteiger partial charge < -0.3 is 15.4 Å². The van der Waals surface area contributed by atoms with Crippen LogP contribution in [0.15, 0.2) is 4.99 Å². The summed E-state index contributed by atoms with van der Waals surface area (Å²) in [5, 5.41) is 7.46. The standard InChI is InChI=1S/C17H30N4O2S.HI/c1-6-9-10-11-19-17(18-7-2)21-13(5)15-20-12(4)14(24-15)16(22)23-8-3;/h13H,6-11H2,1-5H3,(H2,18,19,21);1H. The van der Waals surface area contributed by atoms with Crippen LogP contribution < -0.4 is 10.6 Å². The van der Waals surface area contributed by atoms with E-state index < -0.39 is 0 Å². The molecular weight excluding hydrogens is 451 g/mol. The molecule has 0 aromatic carbocycles. The van der Waals surface area contributed by atoms with Gasteiger partial charge in [0.2, 0.25) is 0 Å². The van der Waals surface area contributed by atoms with Gasteiger partial charge in [0.05, 0.1) is 18.3 Å². The van der Waals surface area contributed by atoms with Gasteiger partial charge in [-0.3, -0.25) is 4.99 Å². The minimum atomic E-state index is -0.300. The number of ether oxygens (including phenoxy) is 1. The van der Waals surface area contributed by atoms with Gasteiger partial charge >= 0.3 is 5.97 Å². The number of hydrogen-bond acceptors (Lipinski definition) is 5. The predicted molar refractivity (Wildman–Crippen MR) is 115 cm³/mol. The lowest BCUT2D eigenvalue weighted by atomic mass is 10.2. The number of nitrogens with zero attached hydrogens (tertiary/aromatic N) is 2. The van der Waals surface area contributed by atoms with Crippen molar-refractivity contribution in [3.05, 3.63) is 15.6 Å². The Morgan fingerprint density at radius 1 is 1.32 bits per heavy atom. The number of hydrogen-bond donors (Lipinski definition) is 2. The van der Waals surface area contributed by atoms with E-state index >= 15 is 0 Å². The number of carbonyl (C=O) groups excluding carboxylic acids is 1. The first-order valence-corrected chi connectivity index (χ1v) is 9.54. The maximum Gasteiger partial charge on any atom is 0.350 e. The van der Waals surface area contributed by atoms with Gasteiger partial charge in [-0.2, -0.15) is 0 Å². The Balaban J connectivity index is 0.00000576. The quantitative estimate of drug-likeness (QED) is 0.183. The van der Waals surface area contributed by atoms with Crippen LogP contribution in [0.1, 0.15) is 73.4 Å². The fourth-order valence-electron chi connectivity index (χ4n) is 2.13. The third kappa shape index (κ3) is 8.35. The second kappa shape index (κ2) is 13.3. The summed E-state index contributed by atoms with van der Waals surface area (Å²) < 4.78 is 5.07. The Hall–Kier alpha value is -0.900. The first kappa shape index (κ1) is 24.1. The third-order valence-electron chi connectivity index (χ3n) is 3.37. The molecule has 1 aromatic heterocycles. The van der Waals surface area contributed by atoms with Crippen molar-refractivity contribution in [2.45, 2.75) is 59.9 Å². The van der Waals surface area contributed by atoms with E-state index in [2.05, 4.69) is 27.5 Å². The zero-order valence-corrected chi connectivity index (χ0v) is 19.0. The largest absolute Gasteiger partial charge is 0.462 e. The number of halogens is 1. The minimum absolute atomic E-state index is 0. The Kier molecular flexibility index (Phi) is 12.8. The molecule has 0 bridgehead atoms. The van der Waals surface area contributed by atoms with Gasteiger partial charge in [0.25, 0.3) is 0 Å². The first-order chi connectivity index (χ1) is 11.5. The fourth-order valence-corrected chi connectivity index (χ4v) is 3.09. The van der Waals surface area contributed by atoms with Gasteiger partial charge in [-0.15, -0.1) is 35.3 Å². The molecule has 144 valence electrons. The maximum atomic E-state index is 11.9. The van der Waals surface area contributed by atoms with E-state index in [0.717, 1.165) is 30.5 Å². The first-order valence-electron chi connectivity index (χ1n) is 8.72. The molecular formula is C17H31IN4O2S. The number of aliphatic imine (C=N–C) groups is 1. The van der Waals surface area contributed by atoms with E-state index in [0.29, 0.717) is 17.2 Å². The molecule has 1 aromatic rings. The number of esters is 1. The maximum absolute atomic E-state index is 11.9. The van der Waals surface area contributed by atoms with E-state index in [1.54, 1.807) is 6.92 Å². The molecule has 2 N–H and O–H groups in total. The van der Waals surface area contributed by atoms with E-state index in [4.69, 9.17) is 4.74 Å². The van der Waals surface area contributed by atoms with Gasteiger partial charge in [-0.05, 0) is 34.1 Å². The molecule has 8 heteroatoms. The highest BCUT2D eigenvalue weighted by Crippen LogP contribution is 2.24. The van der Waals surface area contributed by atoms with Crippen LogP contribution in [0, 0.1) is 6.92 Å². The number of aromatic nitrogens is 1. The van der Waals surface area contributed by atoms with Gasteiger partial charge in [0.1, 0.15) is 9.88 Å². The molecule has 1 rings (SSSR count). The molecule has 0 saturated carbocycles. The van der Waals surface area contributed by atoms with Crippen LogP contribution in [0.5, 0.6) is 0 Å². The molecule has 1 heterocycles. The lowest BCUT2D eigenvalue weighted by molar-refractivity contribution is 0.0531. The summed E-state index contributed by atoms with van der Waals surface area (Å²) in [6.07, 6.45) is 3.46. The van der Waals surface area contributed by atoms with Gasteiger partial charge in [-0.1, -0.05) is 19.8 Å². The van der Waals surface area contributed by atoms with Crippen LogP contribution in [0.25, 0.3) is 0 Å². The number of nitrogens with one attached hydrogen (secondary N) is 2. The van der Waals surface area contributed by atoms with Crippen LogP contribution in [0.3, 0.4) is 0 Å². The fraction of sp³-hybridized carbons (Fsp3) is 0.706. The highest BCUT2D eigenvalue weighted by atomic mass is 127. The molecule has 1 atom stereocenters. The highest BCUT2D eigenvalue weighted by Gasteiger charge is 2.20. The predicted octanol–water partition coefficient (Wildman–Crippen LogP) is 4.05. The normalized spacial score (nSPS) is 12.3. The zero-order chi connectivity index (χ0) is 17.9. The van der Waals surface area contributed by atoms with Crippen LogP contribution in [-0.4, -0.2) is 36.6 Å². The van der Waals surface area contributed by atoms with Crippen molar-refractivity contribution in [1.29, 1.82) is 0 Å². The molecule has 25 heavy (non-hydrogen) atoms. The smallest absolute Gasteiger partial charge is 0.350 e. The average Bonchev–Trinajstić information content (AvgIpc) is 2.94. The summed E-state index contributed by atoms with van der Waals surface area (Å²) in [5.74, 6) is 0.484. The summed E-state index contributed by atoms with van der Waals surface area (Å²) in [6.45, 7) is 11.9. The summed E-state index contributed by atoms with van der Waals surface area (Å²) in [6, 6.07) is -0.0270. The summed E-state index contributed by atoms with van der Waals surface area (Å²) in [7, 11) is 0. The van der Waals surface area contributed by atoms with Crippen LogP contribution in [0.4, 0.5) is 0 Å². The molecule has 1 unspecified atom stereocenters. The number of carbonyl (C=O) groups is 1. The Morgan fingerprint density at radius 3 is 2.64 bits per heavy atom. The molecule has 6 nitrogen and oxygen atoms in total.